The maximum atomic E-state index is 2.58. The molecular formula is C41H44Cl2Zr. The van der Waals surface area contributed by atoms with Crippen LogP contribution in [0.25, 0.3) is 11.1 Å². The van der Waals surface area contributed by atoms with Crippen molar-refractivity contribution in [3.05, 3.63) is 145 Å². The predicted molar refractivity (Wildman–Crippen MR) is 179 cm³/mol. The summed E-state index contributed by atoms with van der Waals surface area (Å²) >= 11 is -2.78. The van der Waals surface area contributed by atoms with E-state index in [4.69, 9.17) is 0 Å². The van der Waals surface area contributed by atoms with Gasteiger partial charge in [0.2, 0.25) is 0 Å². The zero-order valence-electron chi connectivity index (χ0n) is 27.4. The summed E-state index contributed by atoms with van der Waals surface area (Å²) in [6, 6.07) is 34.9. The van der Waals surface area contributed by atoms with Gasteiger partial charge in [-0.2, -0.15) is 0 Å². The molecule has 4 aromatic rings. The fourth-order valence-electron chi connectivity index (χ4n) is 6.79. The maximum Gasteiger partial charge on any atom is -1.00 e. The van der Waals surface area contributed by atoms with Gasteiger partial charge in [0.15, 0.2) is 0 Å². The summed E-state index contributed by atoms with van der Waals surface area (Å²) in [6.45, 7) is 18.9. The largest absolute Gasteiger partial charge is 1.00 e. The van der Waals surface area contributed by atoms with E-state index in [-0.39, 0.29) is 35.6 Å². The monoisotopic (exact) mass is 696 g/mol. The van der Waals surface area contributed by atoms with Crippen molar-refractivity contribution in [2.75, 3.05) is 0 Å². The van der Waals surface area contributed by atoms with Gasteiger partial charge in [0.1, 0.15) is 0 Å². The Morgan fingerprint density at radius 1 is 0.636 bits per heavy atom. The van der Waals surface area contributed by atoms with E-state index in [0.29, 0.717) is 0 Å². The molecule has 0 bridgehead atoms. The van der Waals surface area contributed by atoms with Gasteiger partial charge in [0, 0.05) is 0 Å². The van der Waals surface area contributed by atoms with Crippen LogP contribution in [0.15, 0.2) is 111 Å². The third-order valence-electron chi connectivity index (χ3n) is 9.22. The quantitative estimate of drug-likeness (QED) is 0.267. The summed E-state index contributed by atoms with van der Waals surface area (Å²) in [5, 5.41) is 0. The Balaban J connectivity index is 0.00000221. The van der Waals surface area contributed by atoms with Crippen LogP contribution >= 0.6 is 0 Å². The average Bonchev–Trinajstić information content (AvgIpc) is 3.49. The summed E-state index contributed by atoms with van der Waals surface area (Å²) < 4.78 is 5.03. The van der Waals surface area contributed by atoms with E-state index in [1.54, 1.807) is 20.9 Å². The number of allylic oxidation sites excluding steroid dienone is 4. The Labute approximate surface area is 285 Å². The molecule has 0 radical (unpaired) electrons. The Bertz CT molecular complexity index is 1740. The summed E-state index contributed by atoms with van der Waals surface area (Å²) in [7, 11) is 0. The minimum absolute atomic E-state index is 0. The number of benzene rings is 4. The van der Waals surface area contributed by atoms with Crippen molar-refractivity contribution in [3.8, 4) is 11.1 Å². The first-order valence-electron chi connectivity index (χ1n) is 15.5. The van der Waals surface area contributed by atoms with Gasteiger partial charge in [-0.05, 0) is 0 Å². The maximum absolute atomic E-state index is 2.78. The molecule has 0 N–H and O–H groups in total. The van der Waals surface area contributed by atoms with E-state index in [0.717, 1.165) is 12.8 Å². The minimum atomic E-state index is -2.78. The standard InChI is InChI=1S/C21H25.C13H10.C7H9.2ClH.Zr/c1-20(2,3)16-7-9-18-14(12-16)11-15-13-17(21(4,5)6)8-10-19(15)18;1-3-7-12(8-4-1)11-13-9-5-2-6-10-13;1-6-4-3-5-7(6)2;;;/h7-10,12H,11H2,1-6H3;1-10H;4H,5H2,1-2H3;2*1H;/q;;;;;+2/p-2. The van der Waals surface area contributed by atoms with Crippen LogP contribution in [-0.2, 0) is 38.5 Å². The molecule has 2 aliphatic carbocycles. The number of hydrogen-bond donors (Lipinski definition) is 0. The van der Waals surface area contributed by atoms with Crippen LogP contribution in [0.4, 0.5) is 0 Å². The Morgan fingerprint density at radius 3 is 1.70 bits per heavy atom. The zero-order valence-corrected chi connectivity index (χ0v) is 31.4. The van der Waals surface area contributed by atoms with Crippen molar-refractivity contribution >= 4 is 6.48 Å². The van der Waals surface area contributed by atoms with Crippen molar-refractivity contribution in [3.63, 3.8) is 0 Å². The first-order valence-corrected chi connectivity index (χ1v) is 19.1. The first-order chi connectivity index (χ1) is 19.9. The molecule has 0 aromatic heterocycles. The van der Waals surface area contributed by atoms with Crippen LogP contribution in [0.1, 0.15) is 95.2 Å². The van der Waals surface area contributed by atoms with E-state index in [9.17, 15) is 0 Å². The van der Waals surface area contributed by atoms with Crippen LogP contribution in [0, 0.1) is 0 Å². The average molecular weight is 699 g/mol. The molecule has 0 amide bonds. The van der Waals surface area contributed by atoms with Crippen LogP contribution in [0.2, 0.25) is 0 Å². The number of hydrogen-bond acceptors (Lipinski definition) is 0. The van der Waals surface area contributed by atoms with Gasteiger partial charge in [0.25, 0.3) is 0 Å². The van der Waals surface area contributed by atoms with E-state index < -0.39 is 21.3 Å². The van der Waals surface area contributed by atoms with Crippen molar-refractivity contribution in [1.29, 1.82) is 0 Å². The predicted octanol–water partition coefficient (Wildman–Crippen LogP) is 4.00. The molecule has 0 saturated carbocycles. The second-order valence-electron chi connectivity index (χ2n) is 14.4. The van der Waals surface area contributed by atoms with Gasteiger partial charge in [-0.1, -0.05) is 0 Å². The molecule has 6 rings (SSSR count). The number of rotatable bonds is 4. The van der Waals surface area contributed by atoms with Crippen molar-refractivity contribution in [2.24, 2.45) is 0 Å². The molecule has 0 nitrogen and oxygen atoms in total. The molecule has 2 aliphatic rings. The molecule has 0 fully saturated rings. The normalized spacial score (nSPS) is 13.7. The molecule has 0 unspecified atom stereocenters. The fourth-order valence-corrected chi connectivity index (χ4v) is 16.3. The fraction of sp³-hybridized carbons (Fsp3) is 0.293. The first kappa shape index (κ1) is 34.6. The Morgan fingerprint density at radius 2 is 1.20 bits per heavy atom. The third kappa shape index (κ3) is 6.49. The van der Waals surface area contributed by atoms with Crippen LogP contribution < -0.4 is 28.1 Å². The van der Waals surface area contributed by atoms with Crippen molar-refractivity contribution in [2.45, 2.75) is 79.1 Å². The molecule has 0 heterocycles. The van der Waals surface area contributed by atoms with Crippen molar-refractivity contribution < 1.29 is 46.1 Å². The Kier molecular flexibility index (Phi) is 10.4. The molecule has 226 valence electrons. The van der Waals surface area contributed by atoms with Gasteiger partial charge in [0.05, 0.1) is 0 Å². The summed E-state index contributed by atoms with van der Waals surface area (Å²) in [5.41, 5.74) is 15.0. The topological polar surface area (TPSA) is 0 Å². The molecule has 0 saturated heterocycles. The molecule has 44 heavy (non-hydrogen) atoms. The SMILES string of the molecule is CC1=C(C)C[C]([Zr+2](=[C](c2ccccc2)c2ccccc2)[c]2c(C(C)(C)C)ccc3c2Cc2cc(C(C)(C)C)ccc2-3)=C1.[Cl-].[Cl-]. The zero-order chi connectivity index (χ0) is 29.8. The van der Waals surface area contributed by atoms with Gasteiger partial charge < -0.3 is 24.8 Å². The van der Waals surface area contributed by atoms with Crippen LogP contribution in [-0.4, -0.2) is 3.21 Å². The molecule has 4 aromatic carbocycles. The smallest absolute Gasteiger partial charge is 1.00 e. The number of fused-ring (bicyclic) bond motifs is 3. The Hall–Kier alpha value is -2.31. The van der Waals surface area contributed by atoms with Crippen LogP contribution in [0.5, 0.6) is 0 Å². The minimum Gasteiger partial charge on any atom is -1.00 e. The summed E-state index contributed by atoms with van der Waals surface area (Å²) in [6.07, 6.45) is 4.73. The molecule has 0 aliphatic heterocycles. The third-order valence-corrected chi connectivity index (χ3v) is 16.9. The molecule has 0 spiro atoms. The molecule has 3 heteroatoms. The van der Waals surface area contributed by atoms with E-state index in [1.165, 1.54) is 44.5 Å². The summed E-state index contributed by atoms with van der Waals surface area (Å²) in [5.74, 6) is 0. The van der Waals surface area contributed by atoms with E-state index in [1.807, 2.05) is 0 Å². The van der Waals surface area contributed by atoms with Crippen molar-refractivity contribution in [1.82, 2.24) is 0 Å². The number of halogens is 2. The van der Waals surface area contributed by atoms with Gasteiger partial charge in [-0.15, -0.1) is 0 Å². The second-order valence-corrected chi connectivity index (χ2v) is 20.2. The van der Waals surface area contributed by atoms with Gasteiger partial charge in [-0.25, -0.2) is 0 Å². The molecular weight excluding hydrogens is 655 g/mol. The molecule has 0 atom stereocenters. The second kappa shape index (κ2) is 13.2. The van der Waals surface area contributed by atoms with Gasteiger partial charge in [-0.3, -0.25) is 0 Å². The van der Waals surface area contributed by atoms with Gasteiger partial charge >= 0.3 is 263 Å². The van der Waals surface area contributed by atoms with E-state index in [2.05, 4.69) is 152 Å². The van der Waals surface area contributed by atoms with E-state index >= 15 is 0 Å². The summed E-state index contributed by atoms with van der Waals surface area (Å²) in [4.78, 5) is 0. The van der Waals surface area contributed by atoms with Crippen LogP contribution in [0.3, 0.4) is 0 Å².